The summed E-state index contributed by atoms with van der Waals surface area (Å²) in [6.45, 7) is 4.17. The van der Waals surface area contributed by atoms with Crippen molar-refractivity contribution >= 4 is 10.0 Å². The van der Waals surface area contributed by atoms with Crippen LogP contribution in [0.1, 0.15) is 18.1 Å². The highest BCUT2D eigenvalue weighted by molar-refractivity contribution is 7.93. The first-order valence-electron chi connectivity index (χ1n) is 6.91. The molecule has 0 heterocycles. The molecule has 6 heteroatoms. The van der Waals surface area contributed by atoms with Crippen LogP contribution in [0, 0.1) is 6.92 Å². The van der Waals surface area contributed by atoms with Crippen LogP contribution in [0.2, 0.25) is 0 Å². The Hall–Kier alpha value is -1.47. The van der Waals surface area contributed by atoms with Crippen LogP contribution in [-0.2, 0) is 26.1 Å². The Balaban J connectivity index is 2.23. The first-order valence-corrected chi connectivity index (χ1v) is 8.46. The van der Waals surface area contributed by atoms with E-state index in [4.69, 9.17) is 14.6 Å². The van der Waals surface area contributed by atoms with Gasteiger partial charge in [0.25, 0.3) is 0 Å². The van der Waals surface area contributed by atoms with Crippen LogP contribution in [0.5, 0.6) is 0 Å². The molecule has 5 nitrogen and oxygen atoms in total. The van der Waals surface area contributed by atoms with Gasteiger partial charge in [-0.05, 0) is 31.1 Å². The van der Waals surface area contributed by atoms with Gasteiger partial charge in [-0.25, -0.2) is 13.6 Å². The first-order chi connectivity index (χ1) is 10.2. The number of benzene rings is 1. The van der Waals surface area contributed by atoms with Crippen molar-refractivity contribution in [1.29, 1.82) is 0 Å². The Kier molecular flexibility index (Phi) is 4.87. The number of hydrogen-bond donors (Lipinski definition) is 1. The smallest absolute Gasteiger partial charge is 0.236 e. The minimum atomic E-state index is -3.84. The fourth-order valence-corrected chi connectivity index (χ4v) is 3.22. The van der Waals surface area contributed by atoms with Crippen molar-refractivity contribution in [3.8, 4) is 0 Å². The molecule has 2 N–H and O–H groups in total. The third-order valence-electron chi connectivity index (χ3n) is 3.69. The van der Waals surface area contributed by atoms with Crippen LogP contribution in [0.4, 0.5) is 0 Å². The highest BCUT2D eigenvalue weighted by Crippen LogP contribution is 2.28. The summed E-state index contributed by atoms with van der Waals surface area (Å²) in [6, 6.07) is 7.89. The third-order valence-corrected chi connectivity index (χ3v) is 4.70. The van der Waals surface area contributed by atoms with Crippen LogP contribution in [0.15, 0.2) is 47.4 Å². The van der Waals surface area contributed by atoms with E-state index in [2.05, 4.69) is 0 Å². The lowest BCUT2D eigenvalue weighted by Crippen LogP contribution is -2.34. The van der Waals surface area contributed by atoms with Crippen molar-refractivity contribution < 1.29 is 17.9 Å². The Labute approximate surface area is 131 Å². The van der Waals surface area contributed by atoms with Crippen LogP contribution in [0.3, 0.4) is 0 Å². The van der Waals surface area contributed by atoms with Gasteiger partial charge in [-0.15, -0.1) is 0 Å². The molecule has 0 saturated carbocycles. The van der Waals surface area contributed by atoms with E-state index in [0.717, 1.165) is 11.1 Å². The van der Waals surface area contributed by atoms with Crippen LogP contribution in [0.25, 0.3) is 0 Å². The molecule has 1 aliphatic carbocycles. The molecule has 0 saturated heterocycles. The van der Waals surface area contributed by atoms with Crippen molar-refractivity contribution in [2.45, 2.75) is 32.2 Å². The molecule has 2 rings (SSSR count). The Morgan fingerprint density at radius 2 is 2.00 bits per heavy atom. The van der Waals surface area contributed by atoms with E-state index in [-0.39, 0.29) is 4.91 Å². The highest BCUT2D eigenvalue weighted by atomic mass is 32.2. The van der Waals surface area contributed by atoms with E-state index < -0.39 is 21.7 Å². The molecule has 2 atom stereocenters. The molecule has 0 aromatic heterocycles. The van der Waals surface area contributed by atoms with E-state index in [0.29, 0.717) is 6.61 Å². The summed E-state index contributed by atoms with van der Waals surface area (Å²) in [5.41, 5.74) is 1.33. The SMILES string of the molecule is COC1C=CC(C)(OCc2ccccc2C)C=C1S(N)(=O)=O. The summed E-state index contributed by atoms with van der Waals surface area (Å²) in [7, 11) is -2.41. The summed E-state index contributed by atoms with van der Waals surface area (Å²) in [5, 5.41) is 5.26. The van der Waals surface area contributed by atoms with Gasteiger partial charge in [0.2, 0.25) is 10.0 Å². The molecule has 0 amide bonds. The van der Waals surface area contributed by atoms with Gasteiger partial charge >= 0.3 is 0 Å². The lowest BCUT2D eigenvalue weighted by Gasteiger charge is -2.30. The number of primary sulfonamides is 1. The molecule has 0 fully saturated rings. The Morgan fingerprint density at radius 1 is 1.32 bits per heavy atom. The van der Waals surface area contributed by atoms with Gasteiger partial charge in [0.1, 0.15) is 11.7 Å². The fourth-order valence-electron chi connectivity index (χ4n) is 2.32. The minimum absolute atomic E-state index is 0.0183. The summed E-state index contributed by atoms with van der Waals surface area (Å²) in [6.07, 6.45) is 4.27. The maximum Gasteiger partial charge on any atom is 0.236 e. The quantitative estimate of drug-likeness (QED) is 0.841. The number of hydrogen-bond acceptors (Lipinski definition) is 4. The van der Waals surface area contributed by atoms with Crippen molar-refractivity contribution in [2.75, 3.05) is 7.11 Å². The van der Waals surface area contributed by atoms with Crippen molar-refractivity contribution in [2.24, 2.45) is 5.14 Å². The normalized spacial score (nSPS) is 25.1. The van der Waals surface area contributed by atoms with Gasteiger partial charge in [0.05, 0.1) is 11.5 Å². The average molecular weight is 323 g/mol. The van der Waals surface area contributed by atoms with Crippen LogP contribution >= 0.6 is 0 Å². The average Bonchev–Trinajstić information content (AvgIpc) is 2.46. The van der Waals surface area contributed by atoms with Gasteiger partial charge < -0.3 is 9.47 Å². The van der Waals surface area contributed by atoms with Crippen molar-refractivity contribution in [1.82, 2.24) is 0 Å². The predicted octanol–water partition coefficient (Wildman–Crippen LogP) is 2.03. The topological polar surface area (TPSA) is 78.6 Å². The number of aryl methyl sites for hydroxylation is 1. The first kappa shape index (κ1) is 16.9. The zero-order valence-corrected chi connectivity index (χ0v) is 13.8. The van der Waals surface area contributed by atoms with Crippen molar-refractivity contribution in [3.63, 3.8) is 0 Å². The Bertz CT molecular complexity index is 709. The van der Waals surface area contributed by atoms with Gasteiger partial charge in [-0.3, -0.25) is 0 Å². The second-order valence-corrected chi connectivity index (χ2v) is 7.07. The van der Waals surface area contributed by atoms with E-state index in [1.807, 2.05) is 31.2 Å². The maximum atomic E-state index is 11.7. The van der Waals surface area contributed by atoms with E-state index in [1.165, 1.54) is 13.2 Å². The van der Waals surface area contributed by atoms with E-state index in [1.54, 1.807) is 19.1 Å². The molecule has 0 bridgehead atoms. The monoisotopic (exact) mass is 323 g/mol. The van der Waals surface area contributed by atoms with Gasteiger partial charge in [-0.1, -0.05) is 36.4 Å². The molecular formula is C16H21NO4S. The van der Waals surface area contributed by atoms with E-state index >= 15 is 0 Å². The molecule has 2 unspecified atom stereocenters. The van der Waals surface area contributed by atoms with Gasteiger partial charge in [-0.2, -0.15) is 0 Å². The maximum absolute atomic E-state index is 11.7. The molecule has 1 aromatic rings. The molecule has 1 aromatic carbocycles. The number of rotatable bonds is 5. The summed E-state index contributed by atoms with van der Waals surface area (Å²) in [4.78, 5) is 0.0183. The molecule has 120 valence electrons. The third kappa shape index (κ3) is 3.84. The lowest BCUT2D eigenvalue weighted by atomic mass is 9.98. The number of methoxy groups -OCH3 is 1. The summed E-state index contributed by atoms with van der Waals surface area (Å²) in [5.74, 6) is 0. The number of ether oxygens (including phenoxy) is 2. The van der Waals surface area contributed by atoms with Crippen LogP contribution < -0.4 is 5.14 Å². The largest absolute Gasteiger partial charge is 0.372 e. The highest BCUT2D eigenvalue weighted by Gasteiger charge is 2.32. The molecule has 1 aliphatic rings. The fraction of sp³-hybridized carbons (Fsp3) is 0.375. The zero-order chi connectivity index (χ0) is 16.4. The minimum Gasteiger partial charge on any atom is -0.372 e. The Morgan fingerprint density at radius 3 is 2.59 bits per heavy atom. The van der Waals surface area contributed by atoms with Crippen molar-refractivity contribution in [3.05, 3.63) is 58.5 Å². The number of sulfonamides is 1. The summed E-state index contributed by atoms with van der Waals surface area (Å²) >= 11 is 0. The molecular weight excluding hydrogens is 302 g/mol. The zero-order valence-electron chi connectivity index (χ0n) is 12.9. The van der Waals surface area contributed by atoms with E-state index in [9.17, 15) is 8.42 Å². The second kappa shape index (κ2) is 6.34. The summed E-state index contributed by atoms with van der Waals surface area (Å²) < 4.78 is 34.5. The number of nitrogens with two attached hydrogens (primary N) is 1. The molecule has 0 radical (unpaired) electrons. The standard InChI is InChI=1S/C16H21NO4S/c1-12-6-4-5-7-13(12)11-21-16(2)9-8-14(20-3)15(10-16)22(17,18)19/h4-10,14H,11H2,1-3H3,(H2,17,18,19). The second-order valence-electron chi connectivity index (χ2n) is 5.51. The van der Waals surface area contributed by atoms with Gasteiger partial charge in [0, 0.05) is 7.11 Å². The van der Waals surface area contributed by atoms with Crippen LogP contribution in [-0.4, -0.2) is 27.2 Å². The lowest BCUT2D eigenvalue weighted by molar-refractivity contribution is 0.0237. The predicted molar refractivity (Wildman–Crippen MR) is 85.5 cm³/mol. The molecule has 0 spiro atoms. The molecule has 0 aliphatic heterocycles. The molecule has 22 heavy (non-hydrogen) atoms. The van der Waals surface area contributed by atoms with Gasteiger partial charge in [0.15, 0.2) is 0 Å².